The third-order valence-electron chi connectivity index (χ3n) is 3.22. The monoisotopic (exact) mass is 295 g/mol. The summed E-state index contributed by atoms with van der Waals surface area (Å²) < 4.78 is 8.33. The van der Waals surface area contributed by atoms with Gasteiger partial charge in [0.15, 0.2) is 18.9 Å². The minimum absolute atomic E-state index is 0.345. The molecule has 0 N–H and O–H groups in total. The van der Waals surface area contributed by atoms with E-state index in [0.29, 0.717) is 12.1 Å². The Kier molecular flexibility index (Phi) is 3.91. The number of para-hydroxylation sites is 1. The second-order valence-electron chi connectivity index (χ2n) is 4.74. The molecule has 1 aromatic carbocycles. The van der Waals surface area contributed by atoms with E-state index in [9.17, 15) is 4.79 Å². The zero-order valence-corrected chi connectivity index (χ0v) is 12.1. The van der Waals surface area contributed by atoms with Crippen molar-refractivity contribution in [3.05, 3.63) is 72.3 Å². The fraction of sp³-hybridized carbons (Fsp3) is 0.125. The van der Waals surface area contributed by atoms with E-state index in [2.05, 4.69) is 15.0 Å². The van der Waals surface area contributed by atoms with E-state index in [1.54, 1.807) is 16.8 Å². The molecule has 0 aliphatic carbocycles. The predicted octanol–water partition coefficient (Wildman–Crippen LogP) is 1.39. The van der Waals surface area contributed by atoms with Gasteiger partial charge >= 0.3 is 5.97 Å². The summed E-state index contributed by atoms with van der Waals surface area (Å²) in [6.45, 7) is 0.578. The van der Waals surface area contributed by atoms with Crippen LogP contribution in [0.15, 0.2) is 61.1 Å². The molecule has 0 saturated heterocycles. The van der Waals surface area contributed by atoms with E-state index < -0.39 is 0 Å². The molecule has 2 aromatic heterocycles. The van der Waals surface area contributed by atoms with Crippen LogP contribution < -0.4 is 4.57 Å². The van der Waals surface area contributed by atoms with Gasteiger partial charge in [-0.1, -0.05) is 23.4 Å². The minimum atomic E-state index is -0.345. The highest BCUT2D eigenvalue weighted by Crippen LogP contribution is 2.05. The number of aromatic nitrogens is 4. The van der Waals surface area contributed by atoms with Crippen molar-refractivity contribution in [2.24, 2.45) is 0 Å². The molecule has 6 heteroatoms. The van der Waals surface area contributed by atoms with Crippen molar-refractivity contribution in [2.45, 2.75) is 6.54 Å². The van der Waals surface area contributed by atoms with E-state index in [1.807, 2.05) is 53.5 Å². The Morgan fingerprint density at radius 1 is 1.18 bits per heavy atom. The van der Waals surface area contributed by atoms with E-state index >= 15 is 0 Å². The van der Waals surface area contributed by atoms with Crippen molar-refractivity contribution in [1.82, 2.24) is 15.0 Å². The Morgan fingerprint density at radius 2 is 1.91 bits per heavy atom. The zero-order valence-electron chi connectivity index (χ0n) is 12.1. The number of benzene rings is 1. The number of carbonyl (C=O) groups is 1. The average molecular weight is 295 g/mol. The minimum Gasteiger partial charge on any atom is -0.465 e. The number of nitrogens with zero attached hydrogens (tertiary/aromatic N) is 4. The van der Waals surface area contributed by atoms with Gasteiger partial charge in [0.1, 0.15) is 5.69 Å². The van der Waals surface area contributed by atoms with E-state index in [4.69, 9.17) is 0 Å². The molecule has 0 radical (unpaired) electrons. The van der Waals surface area contributed by atoms with Crippen LogP contribution in [0.25, 0.3) is 5.69 Å². The van der Waals surface area contributed by atoms with Gasteiger partial charge in [0, 0.05) is 12.1 Å². The number of hydrogen-bond acceptors (Lipinski definition) is 4. The highest BCUT2D eigenvalue weighted by atomic mass is 16.5. The molecule has 0 aliphatic heterocycles. The molecule has 0 saturated carbocycles. The van der Waals surface area contributed by atoms with Gasteiger partial charge in [-0.15, -0.1) is 5.10 Å². The summed E-state index contributed by atoms with van der Waals surface area (Å²) in [6, 6.07) is 13.2. The molecule has 2 heterocycles. The van der Waals surface area contributed by atoms with Crippen molar-refractivity contribution in [2.75, 3.05) is 7.11 Å². The Labute approximate surface area is 127 Å². The van der Waals surface area contributed by atoms with Crippen LogP contribution in [0.3, 0.4) is 0 Å². The molecular formula is C16H15N4O2+. The van der Waals surface area contributed by atoms with Gasteiger partial charge in [-0.25, -0.2) is 9.48 Å². The second kappa shape index (κ2) is 6.17. The number of hydrogen-bond donors (Lipinski definition) is 0. The summed E-state index contributed by atoms with van der Waals surface area (Å²) in [6.07, 6.45) is 5.51. The van der Waals surface area contributed by atoms with Crippen LogP contribution in [0.5, 0.6) is 0 Å². The number of methoxy groups -OCH3 is 1. The van der Waals surface area contributed by atoms with Gasteiger partial charge in [0.25, 0.3) is 0 Å². The highest BCUT2D eigenvalue weighted by Gasteiger charge is 2.11. The maximum atomic E-state index is 11.4. The summed E-state index contributed by atoms with van der Waals surface area (Å²) in [5.41, 5.74) is 2.32. The summed E-state index contributed by atoms with van der Waals surface area (Å²) in [4.78, 5) is 11.4. The molecule has 0 spiro atoms. The summed E-state index contributed by atoms with van der Waals surface area (Å²) in [5, 5.41) is 8.28. The molecule has 0 atom stereocenters. The molecule has 6 nitrogen and oxygen atoms in total. The number of rotatable bonds is 4. The van der Waals surface area contributed by atoms with E-state index in [0.717, 1.165) is 11.4 Å². The van der Waals surface area contributed by atoms with Crippen LogP contribution >= 0.6 is 0 Å². The smallest absolute Gasteiger partial charge is 0.338 e. The van der Waals surface area contributed by atoms with Crippen LogP contribution in [-0.4, -0.2) is 28.1 Å². The lowest BCUT2D eigenvalue weighted by atomic mass is 10.3. The van der Waals surface area contributed by atoms with Gasteiger partial charge < -0.3 is 4.74 Å². The normalized spacial score (nSPS) is 10.4. The predicted molar refractivity (Wildman–Crippen MR) is 78.4 cm³/mol. The number of pyridine rings is 1. The Bertz CT molecular complexity index is 766. The molecule has 0 amide bonds. The Balaban J connectivity index is 1.74. The van der Waals surface area contributed by atoms with Crippen LogP contribution in [0.1, 0.15) is 16.1 Å². The molecule has 0 bridgehead atoms. The van der Waals surface area contributed by atoms with E-state index in [-0.39, 0.29) is 5.97 Å². The lowest BCUT2D eigenvalue weighted by molar-refractivity contribution is -0.688. The quantitative estimate of drug-likeness (QED) is 0.539. The Hall–Kier alpha value is -3.02. The van der Waals surface area contributed by atoms with Gasteiger partial charge in [-0.3, -0.25) is 0 Å². The third kappa shape index (κ3) is 3.01. The van der Waals surface area contributed by atoms with E-state index in [1.165, 1.54) is 7.11 Å². The van der Waals surface area contributed by atoms with Crippen LogP contribution in [-0.2, 0) is 11.3 Å². The topological polar surface area (TPSA) is 60.9 Å². The SMILES string of the molecule is COC(=O)c1cc[n+](Cc2cn(-c3ccccc3)nn2)cc1. The molecule has 0 fully saturated rings. The van der Waals surface area contributed by atoms with Crippen molar-refractivity contribution >= 4 is 5.97 Å². The Morgan fingerprint density at radius 3 is 2.59 bits per heavy atom. The lowest BCUT2D eigenvalue weighted by Gasteiger charge is -1.98. The van der Waals surface area contributed by atoms with Gasteiger partial charge in [-0.2, -0.15) is 4.57 Å². The van der Waals surface area contributed by atoms with Crippen LogP contribution in [0, 0.1) is 0 Å². The van der Waals surface area contributed by atoms with Gasteiger partial charge in [-0.05, 0) is 12.1 Å². The average Bonchev–Trinajstić information content (AvgIpc) is 3.04. The van der Waals surface area contributed by atoms with Crippen molar-refractivity contribution in [3.63, 3.8) is 0 Å². The van der Waals surface area contributed by atoms with Crippen LogP contribution in [0.4, 0.5) is 0 Å². The molecule has 3 rings (SSSR count). The van der Waals surface area contributed by atoms with Crippen molar-refractivity contribution in [1.29, 1.82) is 0 Å². The maximum Gasteiger partial charge on any atom is 0.338 e. The second-order valence-corrected chi connectivity index (χ2v) is 4.74. The van der Waals surface area contributed by atoms with Crippen molar-refractivity contribution < 1.29 is 14.1 Å². The summed E-state index contributed by atoms with van der Waals surface area (Å²) in [7, 11) is 1.37. The van der Waals surface area contributed by atoms with Gasteiger partial charge in [0.2, 0.25) is 0 Å². The molecular weight excluding hydrogens is 280 g/mol. The molecule has 3 aromatic rings. The maximum absolute atomic E-state index is 11.4. The molecule has 0 unspecified atom stereocenters. The first kappa shape index (κ1) is 13.9. The zero-order chi connectivity index (χ0) is 15.4. The number of ether oxygens (including phenoxy) is 1. The van der Waals surface area contributed by atoms with Gasteiger partial charge in [0.05, 0.1) is 24.6 Å². The first-order valence-electron chi connectivity index (χ1n) is 6.80. The highest BCUT2D eigenvalue weighted by molar-refractivity contribution is 5.88. The number of carbonyl (C=O) groups excluding carboxylic acids is 1. The number of esters is 1. The van der Waals surface area contributed by atoms with Crippen LogP contribution in [0.2, 0.25) is 0 Å². The first-order valence-corrected chi connectivity index (χ1v) is 6.80. The summed E-state index contributed by atoms with van der Waals surface area (Å²) >= 11 is 0. The standard InChI is InChI=1S/C16H15N4O2/c1-22-16(21)13-7-9-19(10-8-13)11-14-12-20(18-17-14)15-5-3-2-4-6-15/h2-10,12H,11H2,1H3/q+1. The molecule has 110 valence electrons. The lowest BCUT2D eigenvalue weighted by Crippen LogP contribution is -2.33. The third-order valence-corrected chi connectivity index (χ3v) is 3.22. The summed E-state index contributed by atoms with van der Waals surface area (Å²) in [5.74, 6) is -0.345. The fourth-order valence-electron chi connectivity index (χ4n) is 2.08. The fourth-order valence-corrected chi connectivity index (χ4v) is 2.08. The molecule has 22 heavy (non-hydrogen) atoms. The largest absolute Gasteiger partial charge is 0.465 e. The van der Waals surface area contributed by atoms with Crippen molar-refractivity contribution in [3.8, 4) is 5.69 Å². The molecule has 0 aliphatic rings. The first-order chi connectivity index (χ1) is 10.8.